The SMILES string of the molecule is Cl.N#Cc1cccc(CS(=O)(=O)N2CC3CCCC(N)C3C2)c1. The number of hydrogen-bond acceptors (Lipinski definition) is 4. The molecule has 2 aliphatic rings. The normalized spacial score (nSPS) is 27.7. The highest BCUT2D eigenvalue weighted by atomic mass is 35.5. The van der Waals surface area contributed by atoms with Gasteiger partial charge in [-0.3, -0.25) is 0 Å². The molecular formula is C16H22ClN3O2S. The van der Waals surface area contributed by atoms with Crippen molar-refractivity contribution in [1.82, 2.24) is 4.31 Å². The molecule has 3 rings (SSSR count). The van der Waals surface area contributed by atoms with Gasteiger partial charge in [0, 0.05) is 19.1 Å². The molecule has 0 radical (unpaired) electrons. The summed E-state index contributed by atoms with van der Waals surface area (Å²) in [5, 5.41) is 8.92. The van der Waals surface area contributed by atoms with Crippen LogP contribution in [0.15, 0.2) is 24.3 Å². The molecule has 0 amide bonds. The van der Waals surface area contributed by atoms with E-state index in [1.807, 2.05) is 6.07 Å². The monoisotopic (exact) mass is 355 g/mol. The second-order valence-electron chi connectivity index (χ2n) is 6.40. The topological polar surface area (TPSA) is 87.2 Å². The second-order valence-corrected chi connectivity index (χ2v) is 8.37. The molecule has 1 saturated carbocycles. The van der Waals surface area contributed by atoms with E-state index < -0.39 is 10.0 Å². The van der Waals surface area contributed by atoms with Gasteiger partial charge in [-0.2, -0.15) is 5.26 Å². The molecule has 1 aromatic rings. The van der Waals surface area contributed by atoms with Crippen molar-refractivity contribution < 1.29 is 8.42 Å². The second kappa shape index (κ2) is 7.18. The van der Waals surface area contributed by atoms with Gasteiger partial charge in [-0.25, -0.2) is 12.7 Å². The Hall–Kier alpha value is -1.13. The number of sulfonamides is 1. The van der Waals surface area contributed by atoms with Crippen LogP contribution in [0.25, 0.3) is 0 Å². The summed E-state index contributed by atoms with van der Waals surface area (Å²) in [4.78, 5) is 0. The van der Waals surface area contributed by atoms with Crippen molar-refractivity contribution in [3.63, 3.8) is 0 Å². The van der Waals surface area contributed by atoms with Crippen LogP contribution in [-0.4, -0.2) is 31.9 Å². The molecule has 2 N–H and O–H groups in total. The quantitative estimate of drug-likeness (QED) is 0.896. The summed E-state index contributed by atoms with van der Waals surface area (Å²) in [5.74, 6) is 0.662. The minimum Gasteiger partial charge on any atom is -0.327 e. The molecule has 1 aliphatic heterocycles. The number of nitrogens with two attached hydrogens (primary N) is 1. The Balaban J connectivity index is 0.00000192. The highest BCUT2D eigenvalue weighted by Crippen LogP contribution is 2.37. The van der Waals surface area contributed by atoms with E-state index >= 15 is 0 Å². The molecular weight excluding hydrogens is 334 g/mol. The molecule has 0 bridgehead atoms. The number of halogens is 1. The molecule has 7 heteroatoms. The van der Waals surface area contributed by atoms with E-state index in [9.17, 15) is 8.42 Å². The van der Waals surface area contributed by atoms with Crippen molar-refractivity contribution in [1.29, 1.82) is 5.26 Å². The van der Waals surface area contributed by atoms with Crippen molar-refractivity contribution in [3.05, 3.63) is 35.4 Å². The lowest BCUT2D eigenvalue weighted by atomic mass is 9.78. The first-order chi connectivity index (χ1) is 10.5. The Labute approximate surface area is 143 Å². The predicted octanol–water partition coefficient (Wildman–Crippen LogP) is 1.87. The summed E-state index contributed by atoms with van der Waals surface area (Å²) in [6.45, 7) is 1.14. The van der Waals surface area contributed by atoms with Gasteiger partial charge in [0.2, 0.25) is 10.0 Å². The minimum atomic E-state index is -3.35. The maximum atomic E-state index is 12.7. The summed E-state index contributed by atoms with van der Waals surface area (Å²) >= 11 is 0. The van der Waals surface area contributed by atoms with E-state index in [0.29, 0.717) is 36.1 Å². The molecule has 2 fully saturated rings. The van der Waals surface area contributed by atoms with Gasteiger partial charge in [-0.1, -0.05) is 18.6 Å². The number of rotatable bonds is 3. The summed E-state index contributed by atoms with van der Waals surface area (Å²) in [6.07, 6.45) is 3.17. The van der Waals surface area contributed by atoms with E-state index in [1.165, 1.54) is 0 Å². The fourth-order valence-corrected chi connectivity index (χ4v) is 5.34. The van der Waals surface area contributed by atoms with Crippen molar-refractivity contribution in [2.45, 2.75) is 31.1 Å². The lowest BCUT2D eigenvalue weighted by Crippen LogP contribution is -2.38. The van der Waals surface area contributed by atoms with Crippen LogP contribution in [0, 0.1) is 23.2 Å². The number of nitrogens with zero attached hydrogens (tertiary/aromatic N) is 2. The van der Waals surface area contributed by atoms with Crippen molar-refractivity contribution in [3.8, 4) is 6.07 Å². The Kier molecular flexibility index (Phi) is 5.69. The van der Waals surface area contributed by atoms with Crippen LogP contribution in [0.5, 0.6) is 0 Å². The predicted molar refractivity (Wildman–Crippen MR) is 91.4 cm³/mol. The summed E-state index contributed by atoms with van der Waals surface area (Å²) in [6, 6.07) is 8.98. The minimum absolute atomic E-state index is 0. The molecule has 126 valence electrons. The molecule has 1 heterocycles. The average Bonchev–Trinajstić information content (AvgIpc) is 2.93. The van der Waals surface area contributed by atoms with Crippen LogP contribution in [0.2, 0.25) is 0 Å². The zero-order valence-electron chi connectivity index (χ0n) is 12.9. The zero-order valence-corrected chi connectivity index (χ0v) is 14.5. The van der Waals surface area contributed by atoms with Gasteiger partial charge < -0.3 is 5.73 Å². The maximum absolute atomic E-state index is 12.7. The lowest BCUT2D eigenvalue weighted by molar-refractivity contribution is 0.260. The van der Waals surface area contributed by atoms with Crippen LogP contribution in [0.1, 0.15) is 30.4 Å². The molecule has 0 aromatic heterocycles. The van der Waals surface area contributed by atoms with E-state index in [1.54, 1.807) is 28.6 Å². The first kappa shape index (κ1) is 18.2. The Bertz CT molecular complexity index is 702. The zero-order chi connectivity index (χ0) is 15.7. The van der Waals surface area contributed by atoms with Gasteiger partial charge in [0.25, 0.3) is 0 Å². The number of fused-ring (bicyclic) bond motifs is 1. The number of benzene rings is 1. The van der Waals surface area contributed by atoms with E-state index in [4.69, 9.17) is 11.0 Å². The highest BCUT2D eigenvalue weighted by Gasteiger charge is 2.42. The van der Waals surface area contributed by atoms with E-state index in [-0.39, 0.29) is 24.2 Å². The van der Waals surface area contributed by atoms with Gasteiger partial charge in [-0.05, 0) is 42.4 Å². The Morgan fingerprint density at radius 3 is 2.78 bits per heavy atom. The fourth-order valence-electron chi connectivity index (χ4n) is 3.74. The third-order valence-corrected chi connectivity index (χ3v) is 6.70. The first-order valence-corrected chi connectivity index (χ1v) is 9.33. The first-order valence-electron chi connectivity index (χ1n) is 7.72. The molecule has 3 unspecified atom stereocenters. The van der Waals surface area contributed by atoms with Crippen molar-refractivity contribution in [2.24, 2.45) is 17.6 Å². The van der Waals surface area contributed by atoms with Crippen molar-refractivity contribution in [2.75, 3.05) is 13.1 Å². The molecule has 23 heavy (non-hydrogen) atoms. The smallest absolute Gasteiger partial charge is 0.218 e. The third-order valence-electron chi connectivity index (χ3n) is 4.92. The largest absolute Gasteiger partial charge is 0.327 e. The van der Waals surface area contributed by atoms with Gasteiger partial charge in [-0.15, -0.1) is 12.4 Å². The van der Waals surface area contributed by atoms with E-state index in [2.05, 4.69) is 0 Å². The average molecular weight is 356 g/mol. The fraction of sp³-hybridized carbons (Fsp3) is 0.562. The van der Waals surface area contributed by atoms with Crippen LogP contribution >= 0.6 is 12.4 Å². The standard InChI is InChI=1S/C16H21N3O2S.ClH/c17-8-12-3-1-4-13(7-12)11-22(20,21)19-9-14-5-2-6-16(18)15(14)10-19;/h1,3-4,7,14-16H,2,5-6,9-11,18H2;1H. The summed E-state index contributed by atoms with van der Waals surface area (Å²) in [5.41, 5.74) is 7.31. The number of hydrogen-bond donors (Lipinski definition) is 1. The van der Waals surface area contributed by atoms with Gasteiger partial charge in [0.15, 0.2) is 0 Å². The van der Waals surface area contributed by atoms with Crippen LogP contribution in [0.4, 0.5) is 0 Å². The highest BCUT2D eigenvalue weighted by molar-refractivity contribution is 7.88. The Morgan fingerprint density at radius 2 is 2.09 bits per heavy atom. The maximum Gasteiger partial charge on any atom is 0.218 e. The molecule has 1 saturated heterocycles. The molecule has 1 aromatic carbocycles. The Morgan fingerprint density at radius 1 is 1.30 bits per heavy atom. The number of nitriles is 1. The van der Waals surface area contributed by atoms with Gasteiger partial charge in [0.1, 0.15) is 0 Å². The van der Waals surface area contributed by atoms with Crippen molar-refractivity contribution >= 4 is 22.4 Å². The molecule has 1 aliphatic carbocycles. The molecule has 5 nitrogen and oxygen atoms in total. The van der Waals surface area contributed by atoms with Crippen LogP contribution in [-0.2, 0) is 15.8 Å². The lowest BCUT2D eigenvalue weighted by Gasteiger charge is -2.29. The third kappa shape index (κ3) is 3.86. The van der Waals surface area contributed by atoms with Crippen LogP contribution < -0.4 is 5.73 Å². The summed E-state index contributed by atoms with van der Waals surface area (Å²) in [7, 11) is -3.35. The molecule has 0 spiro atoms. The molecule has 3 atom stereocenters. The van der Waals surface area contributed by atoms with E-state index in [0.717, 1.165) is 19.3 Å². The van der Waals surface area contributed by atoms with Gasteiger partial charge in [0.05, 0.1) is 17.4 Å². The van der Waals surface area contributed by atoms with Gasteiger partial charge >= 0.3 is 0 Å². The van der Waals surface area contributed by atoms with Crippen LogP contribution in [0.3, 0.4) is 0 Å². The summed E-state index contributed by atoms with van der Waals surface area (Å²) < 4.78 is 26.9.